The summed E-state index contributed by atoms with van der Waals surface area (Å²) in [6.07, 6.45) is 0. The Morgan fingerprint density at radius 3 is 2.15 bits per heavy atom. The number of fused-ring (bicyclic) bond motifs is 1. The molecule has 0 radical (unpaired) electrons. The summed E-state index contributed by atoms with van der Waals surface area (Å²) in [5, 5.41) is 12.8. The average molecular weight is 546 g/mol. The highest BCUT2D eigenvalue weighted by Crippen LogP contribution is 2.29. The van der Waals surface area contributed by atoms with Crippen LogP contribution >= 0.6 is 0 Å². The molecule has 0 bridgehead atoms. The molecule has 1 aromatic heterocycles. The maximum atomic E-state index is 12.9. The van der Waals surface area contributed by atoms with E-state index in [2.05, 4.69) is 16.1 Å². The Morgan fingerprint density at radius 2 is 1.59 bits per heavy atom. The molecule has 0 unspecified atom stereocenters. The number of nitriles is 1. The van der Waals surface area contributed by atoms with Crippen molar-refractivity contribution in [1.29, 1.82) is 5.26 Å². The van der Waals surface area contributed by atoms with E-state index in [1.807, 2.05) is 0 Å². The summed E-state index contributed by atoms with van der Waals surface area (Å²) in [4.78, 5) is 24.9. The van der Waals surface area contributed by atoms with Gasteiger partial charge in [-0.1, -0.05) is 44.2 Å². The Bertz CT molecular complexity index is 1680. The molecule has 0 aliphatic rings. The quantitative estimate of drug-likeness (QED) is 0.297. The molecule has 0 aliphatic carbocycles. The summed E-state index contributed by atoms with van der Waals surface area (Å²) in [6.45, 7) is 5.19. The fourth-order valence-corrected chi connectivity index (χ4v) is 5.52. The van der Waals surface area contributed by atoms with Gasteiger partial charge >= 0.3 is 5.97 Å². The van der Waals surface area contributed by atoms with Crippen LogP contribution in [0.4, 0.5) is 5.69 Å². The highest BCUT2D eigenvalue weighted by atomic mass is 32.2. The highest BCUT2D eigenvalue weighted by molar-refractivity contribution is 7.89. The number of aryl methyl sites for hydroxylation is 1. The SMILES string of the molecule is COC(=O)[C@@H](NS(=O)(=O)c1ccc(-c2ccc(NC(=O)c3oc4cccc(C#N)c4c3C)cc2)cc1)C(C)C. The minimum atomic E-state index is -3.95. The number of nitrogens with one attached hydrogen (secondary N) is 2. The van der Waals surface area contributed by atoms with E-state index in [9.17, 15) is 23.3 Å². The predicted octanol–water partition coefficient (Wildman–Crippen LogP) is 5.01. The Balaban J connectivity index is 1.48. The van der Waals surface area contributed by atoms with E-state index in [0.717, 1.165) is 11.1 Å². The fraction of sp³-hybridized carbons (Fsp3) is 0.207. The van der Waals surface area contributed by atoms with Gasteiger partial charge in [0.2, 0.25) is 10.0 Å². The third-order valence-electron chi connectivity index (χ3n) is 6.33. The summed E-state index contributed by atoms with van der Waals surface area (Å²) in [5.74, 6) is -1.25. The van der Waals surface area contributed by atoms with Crippen LogP contribution in [-0.4, -0.2) is 33.4 Å². The number of carbonyl (C=O) groups is 2. The lowest BCUT2D eigenvalue weighted by Gasteiger charge is -2.19. The lowest BCUT2D eigenvalue weighted by Crippen LogP contribution is -2.44. The maximum Gasteiger partial charge on any atom is 0.324 e. The Hall–Kier alpha value is -4.46. The van der Waals surface area contributed by atoms with Crippen LogP contribution in [0.25, 0.3) is 22.1 Å². The molecule has 0 aliphatic heterocycles. The third kappa shape index (κ3) is 5.70. The molecular weight excluding hydrogens is 518 g/mol. The van der Waals surface area contributed by atoms with Gasteiger partial charge in [-0.3, -0.25) is 9.59 Å². The smallest absolute Gasteiger partial charge is 0.324 e. The van der Waals surface area contributed by atoms with Crippen LogP contribution < -0.4 is 10.0 Å². The topological polar surface area (TPSA) is 138 Å². The number of esters is 1. The van der Waals surface area contributed by atoms with Crippen molar-refractivity contribution in [2.24, 2.45) is 5.92 Å². The number of rotatable bonds is 8. The Morgan fingerprint density at radius 1 is 0.974 bits per heavy atom. The molecule has 1 atom stereocenters. The van der Waals surface area contributed by atoms with Crippen LogP contribution in [0, 0.1) is 24.2 Å². The second kappa shape index (κ2) is 11.1. The van der Waals surface area contributed by atoms with Crippen molar-refractivity contribution in [3.63, 3.8) is 0 Å². The summed E-state index contributed by atoms with van der Waals surface area (Å²) >= 11 is 0. The average Bonchev–Trinajstić information content (AvgIpc) is 3.28. The van der Waals surface area contributed by atoms with Gasteiger partial charge in [0.15, 0.2) is 5.76 Å². The van der Waals surface area contributed by atoms with Crippen molar-refractivity contribution >= 4 is 38.6 Å². The first-order valence-corrected chi connectivity index (χ1v) is 13.6. The first-order valence-electron chi connectivity index (χ1n) is 12.1. The summed E-state index contributed by atoms with van der Waals surface area (Å²) in [7, 11) is -2.74. The molecule has 0 saturated carbocycles. The van der Waals surface area contributed by atoms with Crippen molar-refractivity contribution in [3.05, 3.63) is 83.6 Å². The number of anilines is 1. The van der Waals surface area contributed by atoms with Gasteiger partial charge in [-0.15, -0.1) is 0 Å². The molecule has 200 valence electrons. The Kier molecular flexibility index (Phi) is 7.85. The molecule has 4 aromatic rings. The van der Waals surface area contributed by atoms with Gasteiger partial charge in [0, 0.05) is 16.6 Å². The number of hydrogen-bond donors (Lipinski definition) is 2. The van der Waals surface area contributed by atoms with E-state index in [-0.39, 0.29) is 16.6 Å². The molecule has 1 amide bonds. The lowest BCUT2D eigenvalue weighted by molar-refractivity contribution is -0.143. The molecular formula is C29H27N3O6S. The van der Waals surface area contributed by atoms with Crippen molar-refractivity contribution in [2.75, 3.05) is 12.4 Å². The zero-order chi connectivity index (χ0) is 28.3. The second-order valence-corrected chi connectivity index (χ2v) is 11.0. The standard InChI is InChI=1S/C29H27N3O6S/c1-17(2)26(29(34)37-4)32-39(35,36)23-14-10-20(11-15-23)19-8-12-22(13-9-19)31-28(33)27-18(3)25-21(16-30)6-5-7-24(25)38-27/h5-15,17,26,32H,1-4H3,(H,31,33)/t26-/m0/s1. The van der Waals surface area contributed by atoms with Crippen LogP contribution in [-0.2, 0) is 19.6 Å². The number of hydrogen-bond acceptors (Lipinski definition) is 7. The normalized spacial score (nSPS) is 12.2. The van der Waals surface area contributed by atoms with E-state index in [0.29, 0.717) is 27.8 Å². The maximum absolute atomic E-state index is 12.9. The molecule has 9 nitrogen and oxygen atoms in total. The molecule has 39 heavy (non-hydrogen) atoms. The minimum absolute atomic E-state index is 0.0189. The number of amides is 1. The van der Waals surface area contributed by atoms with Gasteiger partial charge in [-0.25, -0.2) is 8.42 Å². The zero-order valence-corrected chi connectivity index (χ0v) is 22.6. The van der Waals surface area contributed by atoms with Crippen LogP contribution in [0.15, 0.2) is 76.0 Å². The second-order valence-electron chi connectivity index (χ2n) is 9.27. The fourth-order valence-electron chi connectivity index (χ4n) is 4.19. The minimum Gasteiger partial charge on any atom is -0.468 e. The Labute approximate surface area is 226 Å². The van der Waals surface area contributed by atoms with Crippen molar-refractivity contribution in [3.8, 4) is 17.2 Å². The predicted molar refractivity (Wildman–Crippen MR) is 146 cm³/mol. The number of carbonyl (C=O) groups excluding carboxylic acids is 2. The number of nitrogens with zero attached hydrogens (tertiary/aromatic N) is 1. The number of ether oxygens (including phenoxy) is 1. The van der Waals surface area contributed by atoms with Crippen molar-refractivity contribution in [2.45, 2.75) is 31.7 Å². The monoisotopic (exact) mass is 545 g/mol. The van der Waals surface area contributed by atoms with Crippen LogP contribution in [0.3, 0.4) is 0 Å². The van der Waals surface area contributed by atoms with Gasteiger partial charge < -0.3 is 14.5 Å². The van der Waals surface area contributed by atoms with Gasteiger partial charge in [-0.05, 0) is 60.4 Å². The largest absolute Gasteiger partial charge is 0.468 e. The third-order valence-corrected chi connectivity index (χ3v) is 7.78. The van der Waals surface area contributed by atoms with E-state index in [1.165, 1.54) is 19.2 Å². The summed E-state index contributed by atoms with van der Waals surface area (Å²) in [5.41, 5.74) is 3.60. The number of furan rings is 1. The molecule has 2 N–H and O–H groups in total. The highest BCUT2D eigenvalue weighted by Gasteiger charge is 2.29. The molecule has 0 saturated heterocycles. The van der Waals surface area contributed by atoms with Crippen molar-refractivity contribution in [1.82, 2.24) is 4.72 Å². The number of benzene rings is 3. The van der Waals surface area contributed by atoms with E-state index in [1.54, 1.807) is 75.4 Å². The summed E-state index contributed by atoms with van der Waals surface area (Å²) < 4.78 is 38.5. The number of sulfonamides is 1. The van der Waals surface area contributed by atoms with Crippen LogP contribution in [0.5, 0.6) is 0 Å². The molecule has 3 aromatic carbocycles. The lowest BCUT2D eigenvalue weighted by atomic mass is 10.1. The van der Waals surface area contributed by atoms with E-state index < -0.39 is 27.9 Å². The number of methoxy groups -OCH3 is 1. The van der Waals surface area contributed by atoms with Gasteiger partial charge in [0.1, 0.15) is 11.6 Å². The summed E-state index contributed by atoms with van der Waals surface area (Å²) in [6, 6.07) is 19.5. The van der Waals surface area contributed by atoms with Gasteiger partial charge in [-0.2, -0.15) is 9.98 Å². The first-order chi connectivity index (χ1) is 18.6. The van der Waals surface area contributed by atoms with Crippen LogP contribution in [0.1, 0.15) is 35.5 Å². The van der Waals surface area contributed by atoms with Crippen molar-refractivity contribution < 1.29 is 27.2 Å². The van der Waals surface area contributed by atoms with E-state index >= 15 is 0 Å². The molecule has 10 heteroatoms. The van der Waals surface area contributed by atoms with Gasteiger partial charge in [0.05, 0.1) is 23.6 Å². The first kappa shape index (κ1) is 27.6. The molecule has 4 rings (SSSR count). The molecule has 0 fully saturated rings. The molecule has 1 heterocycles. The molecule has 0 spiro atoms. The van der Waals surface area contributed by atoms with Crippen LogP contribution in [0.2, 0.25) is 0 Å². The zero-order valence-electron chi connectivity index (χ0n) is 21.8. The van der Waals surface area contributed by atoms with E-state index in [4.69, 9.17) is 9.15 Å². The van der Waals surface area contributed by atoms with Gasteiger partial charge in [0.25, 0.3) is 5.91 Å².